The lowest BCUT2D eigenvalue weighted by Crippen LogP contribution is -2.06. The Morgan fingerprint density at radius 3 is 1.54 bits per heavy atom. The summed E-state index contributed by atoms with van der Waals surface area (Å²) in [6.07, 6.45) is 0. The van der Waals surface area contributed by atoms with Crippen molar-refractivity contribution in [3.8, 4) is 23.7 Å². The van der Waals surface area contributed by atoms with Gasteiger partial charge in [-0.25, -0.2) is 9.59 Å². The van der Waals surface area contributed by atoms with E-state index in [9.17, 15) is 9.59 Å². The minimum atomic E-state index is -1.26. The van der Waals surface area contributed by atoms with Crippen molar-refractivity contribution >= 4 is 11.9 Å². The van der Waals surface area contributed by atoms with E-state index in [0.717, 1.165) is 0 Å². The van der Waals surface area contributed by atoms with Crippen molar-refractivity contribution in [2.24, 2.45) is 5.41 Å². The molecule has 0 aliphatic carbocycles. The molecule has 4 heteroatoms. The predicted molar refractivity (Wildman–Crippen MR) is 44.6 cm³/mol. The fourth-order valence-electron chi connectivity index (χ4n) is 0.451. The molecule has 0 aliphatic heterocycles. The first kappa shape index (κ1) is 11.1. The quantitative estimate of drug-likeness (QED) is 0.522. The van der Waals surface area contributed by atoms with Crippen molar-refractivity contribution in [1.82, 2.24) is 0 Å². The van der Waals surface area contributed by atoms with Crippen molar-refractivity contribution < 1.29 is 19.8 Å². The normalized spacial score (nSPS) is 8.77. The molecule has 68 valence electrons. The van der Waals surface area contributed by atoms with Gasteiger partial charge in [-0.1, -0.05) is 11.8 Å². The van der Waals surface area contributed by atoms with Gasteiger partial charge in [0.1, 0.15) is 0 Å². The largest absolute Gasteiger partial charge is 0.472 e. The molecule has 0 bridgehead atoms. The van der Waals surface area contributed by atoms with Crippen molar-refractivity contribution in [2.75, 3.05) is 0 Å². The zero-order chi connectivity index (χ0) is 10.5. The van der Waals surface area contributed by atoms with Crippen molar-refractivity contribution in [1.29, 1.82) is 0 Å². The maximum atomic E-state index is 10.0. The van der Waals surface area contributed by atoms with Crippen LogP contribution in [0.3, 0.4) is 0 Å². The summed E-state index contributed by atoms with van der Waals surface area (Å²) >= 11 is 0. The maximum absolute atomic E-state index is 10.0. The highest BCUT2D eigenvalue weighted by atomic mass is 16.4. The van der Waals surface area contributed by atoms with E-state index < -0.39 is 17.4 Å². The van der Waals surface area contributed by atoms with Gasteiger partial charge in [0.15, 0.2) is 0 Å². The van der Waals surface area contributed by atoms with Gasteiger partial charge < -0.3 is 10.2 Å². The molecule has 2 N–H and O–H groups in total. The average molecular weight is 180 g/mol. The first-order valence-electron chi connectivity index (χ1n) is 3.36. The highest BCUT2D eigenvalue weighted by Gasteiger charge is 2.10. The Balaban J connectivity index is 4.65. The molecule has 0 aliphatic rings. The molecule has 0 heterocycles. The Morgan fingerprint density at radius 2 is 1.31 bits per heavy atom. The molecule has 0 unspecified atom stereocenters. The molecule has 0 amide bonds. The molecule has 0 aromatic rings. The van der Waals surface area contributed by atoms with E-state index in [-0.39, 0.29) is 0 Å². The number of aliphatic carboxylic acids is 2. The number of hydrogen-bond acceptors (Lipinski definition) is 2. The predicted octanol–water partition coefficient (Wildman–Crippen LogP) is 0.189. The lowest BCUT2D eigenvalue weighted by molar-refractivity contribution is -0.131. The molecule has 0 aromatic carbocycles. The molecular formula is C9H8O4. The van der Waals surface area contributed by atoms with E-state index in [1.54, 1.807) is 13.8 Å². The summed E-state index contributed by atoms with van der Waals surface area (Å²) in [7, 11) is 0. The summed E-state index contributed by atoms with van der Waals surface area (Å²) in [5, 5.41) is 16.4. The Morgan fingerprint density at radius 1 is 1.00 bits per heavy atom. The average Bonchev–Trinajstić information content (AvgIpc) is 1.98. The topological polar surface area (TPSA) is 74.6 Å². The Hall–Kier alpha value is -1.94. The number of rotatable bonds is 0. The van der Waals surface area contributed by atoms with E-state index in [0.29, 0.717) is 0 Å². The molecule has 0 spiro atoms. The van der Waals surface area contributed by atoms with Crippen LogP contribution in [-0.2, 0) is 9.59 Å². The fourth-order valence-corrected chi connectivity index (χ4v) is 0.451. The van der Waals surface area contributed by atoms with Gasteiger partial charge in [0.25, 0.3) is 0 Å². The van der Waals surface area contributed by atoms with Crippen LogP contribution in [0.5, 0.6) is 0 Å². The van der Waals surface area contributed by atoms with E-state index >= 15 is 0 Å². The zero-order valence-electron chi connectivity index (χ0n) is 7.21. The van der Waals surface area contributed by atoms with Crippen LogP contribution < -0.4 is 0 Å². The molecule has 0 atom stereocenters. The van der Waals surface area contributed by atoms with Crippen LogP contribution in [0.1, 0.15) is 13.8 Å². The Bertz CT molecular complexity index is 309. The molecule has 0 rings (SSSR count). The van der Waals surface area contributed by atoms with E-state index in [1.807, 2.05) is 11.8 Å². The molecule has 0 aromatic heterocycles. The SMILES string of the molecule is CC(C)(C#CC(=O)O)C#CC(=O)O. The highest BCUT2D eigenvalue weighted by molar-refractivity contribution is 5.88. The van der Waals surface area contributed by atoms with Gasteiger partial charge in [0.2, 0.25) is 0 Å². The van der Waals surface area contributed by atoms with Crippen molar-refractivity contribution in [2.45, 2.75) is 13.8 Å². The van der Waals surface area contributed by atoms with Crippen LogP contribution in [0.2, 0.25) is 0 Å². The lowest BCUT2D eigenvalue weighted by Gasteiger charge is -2.05. The molecule has 4 nitrogen and oxygen atoms in total. The molecule has 13 heavy (non-hydrogen) atoms. The monoisotopic (exact) mass is 180 g/mol. The molecule has 0 saturated carbocycles. The molecule has 0 fully saturated rings. The Labute approximate surface area is 75.6 Å². The number of carboxylic acids is 2. The van der Waals surface area contributed by atoms with Gasteiger partial charge in [-0.05, 0) is 13.8 Å². The second-order valence-corrected chi connectivity index (χ2v) is 2.74. The first-order chi connectivity index (χ1) is 5.83. The smallest absolute Gasteiger partial charge is 0.381 e. The Kier molecular flexibility index (Phi) is 3.55. The van der Waals surface area contributed by atoms with E-state index in [4.69, 9.17) is 10.2 Å². The van der Waals surface area contributed by atoms with Gasteiger partial charge in [-0.3, -0.25) is 0 Å². The summed E-state index contributed by atoms with van der Waals surface area (Å²) in [4.78, 5) is 20.1. The second kappa shape index (κ2) is 4.18. The highest BCUT2D eigenvalue weighted by Crippen LogP contribution is 2.10. The summed E-state index contributed by atoms with van der Waals surface area (Å²) in [5.74, 6) is 5.90. The van der Waals surface area contributed by atoms with Gasteiger partial charge in [0, 0.05) is 11.8 Å². The van der Waals surface area contributed by atoms with Gasteiger partial charge in [-0.15, -0.1) is 0 Å². The maximum Gasteiger partial charge on any atom is 0.381 e. The zero-order valence-corrected chi connectivity index (χ0v) is 7.21. The first-order valence-corrected chi connectivity index (χ1v) is 3.36. The summed E-state index contributed by atoms with van der Waals surface area (Å²) in [6, 6.07) is 0. The third kappa shape index (κ3) is 6.46. The second-order valence-electron chi connectivity index (χ2n) is 2.74. The molecule has 0 saturated heterocycles. The van der Waals surface area contributed by atoms with Crippen LogP contribution in [0.15, 0.2) is 0 Å². The van der Waals surface area contributed by atoms with Crippen LogP contribution in [0.4, 0.5) is 0 Å². The standard InChI is InChI=1S/C9H8O4/c1-9(2,5-3-7(10)11)6-4-8(12)13/h1-2H3,(H,10,11)(H,12,13). The third-order valence-corrected chi connectivity index (χ3v) is 0.964. The molecule has 0 radical (unpaired) electrons. The summed E-state index contributed by atoms with van der Waals surface area (Å²) in [5.41, 5.74) is -0.920. The molecular weight excluding hydrogens is 172 g/mol. The minimum Gasteiger partial charge on any atom is -0.472 e. The summed E-state index contributed by atoms with van der Waals surface area (Å²) < 4.78 is 0. The van der Waals surface area contributed by atoms with Gasteiger partial charge in [-0.2, -0.15) is 0 Å². The lowest BCUT2D eigenvalue weighted by atomic mass is 9.95. The van der Waals surface area contributed by atoms with Crippen LogP contribution in [0.25, 0.3) is 0 Å². The third-order valence-electron chi connectivity index (χ3n) is 0.964. The minimum absolute atomic E-state index is 0.920. The van der Waals surface area contributed by atoms with Crippen LogP contribution in [-0.4, -0.2) is 22.2 Å². The fraction of sp³-hybridized carbons (Fsp3) is 0.333. The van der Waals surface area contributed by atoms with Crippen molar-refractivity contribution in [3.63, 3.8) is 0 Å². The van der Waals surface area contributed by atoms with Crippen molar-refractivity contribution in [3.05, 3.63) is 0 Å². The van der Waals surface area contributed by atoms with E-state index in [1.165, 1.54) is 0 Å². The van der Waals surface area contributed by atoms with Gasteiger partial charge in [0.05, 0.1) is 5.41 Å². The van der Waals surface area contributed by atoms with Gasteiger partial charge >= 0.3 is 11.9 Å². The van der Waals surface area contributed by atoms with Crippen LogP contribution >= 0.6 is 0 Å². The number of carboxylic acid groups (broad SMARTS) is 2. The van der Waals surface area contributed by atoms with Crippen LogP contribution in [0, 0.1) is 29.1 Å². The number of carbonyl (C=O) groups is 2. The summed E-state index contributed by atoms with van der Waals surface area (Å²) in [6.45, 7) is 3.08. The number of hydrogen-bond donors (Lipinski definition) is 2. The van der Waals surface area contributed by atoms with E-state index in [2.05, 4.69) is 11.8 Å².